The predicted octanol–water partition coefficient (Wildman–Crippen LogP) is 3.07. The van der Waals surface area contributed by atoms with Gasteiger partial charge in [-0.3, -0.25) is 0 Å². The summed E-state index contributed by atoms with van der Waals surface area (Å²) < 4.78 is 5.50. The summed E-state index contributed by atoms with van der Waals surface area (Å²) in [4.78, 5) is 7.92. The number of halogens is 1. The molecule has 1 heterocycles. The van der Waals surface area contributed by atoms with E-state index in [1.165, 1.54) is 0 Å². The van der Waals surface area contributed by atoms with E-state index >= 15 is 0 Å². The number of ether oxygens (including phenoxy) is 1. The zero-order chi connectivity index (χ0) is 12.3. The van der Waals surface area contributed by atoms with Crippen LogP contribution in [0.25, 0.3) is 0 Å². The lowest BCUT2D eigenvalue weighted by Gasteiger charge is -2.06. The van der Waals surface area contributed by atoms with E-state index in [0.29, 0.717) is 11.6 Å². The summed E-state index contributed by atoms with van der Waals surface area (Å²) in [6, 6.07) is 7.27. The van der Waals surface area contributed by atoms with Crippen LogP contribution in [0, 0.1) is 0 Å². The molecule has 0 unspecified atom stereocenters. The molecule has 0 amide bonds. The Morgan fingerprint density at radius 3 is 2.88 bits per heavy atom. The van der Waals surface area contributed by atoms with E-state index < -0.39 is 0 Å². The van der Waals surface area contributed by atoms with Gasteiger partial charge in [-0.05, 0) is 36.2 Å². The molecule has 0 saturated heterocycles. The second-order valence-electron chi connectivity index (χ2n) is 3.47. The van der Waals surface area contributed by atoms with Crippen LogP contribution in [0.15, 0.2) is 30.5 Å². The maximum Gasteiger partial charge on any atom is 0.323 e. The smallest absolute Gasteiger partial charge is 0.323 e. The van der Waals surface area contributed by atoms with Crippen molar-refractivity contribution in [3.8, 4) is 11.8 Å². The largest absolute Gasteiger partial charge is 0.424 e. The fourth-order valence-corrected chi connectivity index (χ4v) is 1.65. The number of nitrogens with zero attached hydrogens (tertiary/aromatic N) is 2. The van der Waals surface area contributed by atoms with Crippen molar-refractivity contribution in [3.05, 3.63) is 41.0 Å². The van der Waals surface area contributed by atoms with Gasteiger partial charge in [0, 0.05) is 11.2 Å². The molecule has 2 N–H and O–H groups in total. The Balaban J connectivity index is 2.24. The van der Waals surface area contributed by atoms with Crippen LogP contribution < -0.4 is 10.5 Å². The van der Waals surface area contributed by atoms with Crippen LogP contribution in [0.4, 0.5) is 5.82 Å². The molecule has 0 atom stereocenters. The van der Waals surface area contributed by atoms with Crippen molar-refractivity contribution >= 4 is 17.4 Å². The quantitative estimate of drug-likeness (QED) is 0.908. The third-order valence-corrected chi connectivity index (χ3v) is 2.63. The molecule has 0 spiro atoms. The highest BCUT2D eigenvalue weighted by Crippen LogP contribution is 2.25. The predicted molar refractivity (Wildman–Crippen MR) is 67.3 cm³/mol. The zero-order valence-corrected chi connectivity index (χ0v) is 10.1. The molecule has 1 aromatic heterocycles. The van der Waals surface area contributed by atoms with Crippen LogP contribution in [0.3, 0.4) is 0 Å². The van der Waals surface area contributed by atoms with E-state index in [9.17, 15) is 0 Å². The van der Waals surface area contributed by atoms with Gasteiger partial charge < -0.3 is 10.5 Å². The standard InChI is InChI=1S/C12H12ClN3O/c1-2-8-7-9(3-4-10(8)13)17-12-15-6-5-11(14)16-12/h3-7H,2H2,1H3,(H2,14,15,16). The van der Waals surface area contributed by atoms with Gasteiger partial charge in [-0.25, -0.2) is 4.98 Å². The molecule has 0 radical (unpaired) electrons. The van der Waals surface area contributed by atoms with Crippen molar-refractivity contribution in [1.29, 1.82) is 0 Å². The van der Waals surface area contributed by atoms with Crippen LogP contribution in [-0.4, -0.2) is 9.97 Å². The summed E-state index contributed by atoms with van der Waals surface area (Å²) in [5, 5.41) is 0.730. The molecular formula is C12H12ClN3O. The number of hydrogen-bond acceptors (Lipinski definition) is 4. The third kappa shape index (κ3) is 2.85. The first-order valence-corrected chi connectivity index (χ1v) is 5.61. The maximum absolute atomic E-state index is 6.02. The highest BCUT2D eigenvalue weighted by Gasteiger charge is 2.04. The highest BCUT2D eigenvalue weighted by atomic mass is 35.5. The van der Waals surface area contributed by atoms with Gasteiger partial charge in [-0.15, -0.1) is 0 Å². The van der Waals surface area contributed by atoms with Crippen molar-refractivity contribution in [2.45, 2.75) is 13.3 Å². The molecule has 2 aromatic rings. The van der Waals surface area contributed by atoms with E-state index in [2.05, 4.69) is 9.97 Å². The lowest BCUT2D eigenvalue weighted by atomic mass is 10.1. The van der Waals surface area contributed by atoms with Crippen LogP contribution in [0.1, 0.15) is 12.5 Å². The lowest BCUT2D eigenvalue weighted by Crippen LogP contribution is -1.96. The van der Waals surface area contributed by atoms with Crippen LogP contribution in [-0.2, 0) is 6.42 Å². The monoisotopic (exact) mass is 249 g/mol. The average Bonchev–Trinajstić information content (AvgIpc) is 2.32. The van der Waals surface area contributed by atoms with E-state index in [0.717, 1.165) is 17.0 Å². The number of benzene rings is 1. The summed E-state index contributed by atoms with van der Waals surface area (Å²) in [5.41, 5.74) is 6.56. The molecule has 88 valence electrons. The topological polar surface area (TPSA) is 61.0 Å². The molecule has 17 heavy (non-hydrogen) atoms. The number of aromatic nitrogens is 2. The van der Waals surface area contributed by atoms with Gasteiger partial charge in [0.25, 0.3) is 0 Å². The highest BCUT2D eigenvalue weighted by molar-refractivity contribution is 6.31. The van der Waals surface area contributed by atoms with Crippen molar-refractivity contribution in [2.75, 3.05) is 5.73 Å². The average molecular weight is 250 g/mol. The molecule has 0 aliphatic heterocycles. The van der Waals surface area contributed by atoms with Crippen molar-refractivity contribution in [3.63, 3.8) is 0 Å². The van der Waals surface area contributed by atoms with Crippen molar-refractivity contribution < 1.29 is 4.74 Å². The minimum atomic E-state index is 0.231. The van der Waals surface area contributed by atoms with E-state index in [4.69, 9.17) is 22.1 Å². The summed E-state index contributed by atoms with van der Waals surface area (Å²) in [7, 11) is 0. The lowest BCUT2D eigenvalue weighted by molar-refractivity contribution is 0.442. The first-order valence-electron chi connectivity index (χ1n) is 5.24. The maximum atomic E-state index is 6.02. The van der Waals surface area contributed by atoms with Gasteiger partial charge in [-0.2, -0.15) is 4.98 Å². The van der Waals surface area contributed by atoms with Crippen molar-refractivity contribution in [1.82, 2.24) is 9.97 Å². The molecule has 2 rings (SSSR count). The Kier molecular flexibility index (Phi) is 3.44. The summed E-state index contributed by atoms with van der Waals surface area (Å²) in [5.74, 6) is 1.02. The first-order chi connectivity index (χ1) is 8.19. The molecule has 4 nitrogen and oxygen atoms in total. The van der Waals surface area contributed by atoms with Gasteiger partial charge in [-0.1, -0.05) is 18.5 Å². The Hall–Kier alpha value is -1.81. The second kappa shape index (κ2) is 5.01. The molecule has 5 heteroatoms. The van der Waals surface area contributed by atoms with Crippen molar-refractivity contribution in [2.24, 2.45) is 0 Å². The molecule has 0 fully saturated rings. The Morgan fingerprint density at radius 2 is 2.18 bits per heavy atom. The number of nitrogen functional groups attached to an aromatic ring is 1. The summed E-state index contributed by atoms with van der Waals surface area (Å²) in [6.07, 6.45) is 2.39. The molecular weight excluding hydrogens is 238 g/mol. The Morgan fingerprint density at radius 1 is 1.35 bits per heavy atom. The van der Waals surface area contributed by atoms with E-state index in [1.54, 1.807) is 24.4 Å². The molecule has 0 aliphatic rings. The number of anilines is 1. The number of nitrogens with two attached hydrogens (primary N) is 1. The number of rotatable bonds is 3. The van der Waals surface area contributed by atoms with Crippen LogP contribution >= 0.6 is 11.6 Å². The molecule has 1 aromatic carbocycles. The number of hydrogen-bond donors (Lipinski definition) is 1. The van der Waals surface area contributed by atoms with Gasteiger partial charge in [0.2, 0.25) is 0 Å². The molecule has 0 saturated carbocycles. The van der Waals surface area contributed by atoms with Crippen LogP contribution in [0.5, 0.6) is 11.8 Å². The van der Waals surface area contributed by atoms with Gasteiger partial charge >= 0.3 is 6.01 Å². The molecule has 0 aliphatic carbocycles. The minimum absolute atomic E-state index is 0.231. The Bertz CT molecular complexity index is 531. The van der Waals surface area contributed by atoms with Gasteiger partial charge in [0.1, 0.15) is 11.6 Å². The summed E-state index contributed by atoms with van der Waals surface area (Å²) in [6.45, 7) is 2.03. The SMILES string of the molecule is CCc1cc(Oc2nccc(N)n2)ccc1Cl. The van der Waals surface area contributed by atoms with Gasteiger partial charge in [0.15, 0.2) is 0 Å². The normalized spacial score (nSPS) is 10.2. The zero-order valence-electron chi connectivity index (χ0n) is 9.35. The summed E-state index contributed by atoms with van der Waals surface area (Å²) >= 11 is 6.02. The van der Waals surface area contributed by atoms with E-state index in [-0.39, 0.29) is 6.01 Å². The molecule has 0 bridgehead atoms. The van der Waals surface area contributed by atoms with E-state index in [1.807, 2.05) is 13.0 Å². The third-order valence-electron chi connectivity index (χ3n) is 2.26. The minimum Gasteiger partial charge on any atom is -0.424 e. The fraction of sp³-hybridized carbons (Fsp3) is 0.167. The Labute approximate surface area is 104 Å². The fourth-order valence-electron chi connectivity index (χ4n) is 1.39. The van der Waals surface area contributed by atoms with Crippen LogP contribution in [0.2, 0.25) is 5.02 Å². The first kappa shape index (κ1) is 11.7. The number of aryl methyl sites for hydroxylation is 1. The second-order valence-corrected chi connectivity index (χ2v) is 3.88. The van der Waals surface area contributed by atoms with Gasteiger partial charge in [0.05, 0.1) is 0 Å².